The molecular formula is C16H32. The average Bonchev–Trinajstić information content (AvgIpc) is 2.23. The van der Waals surface area contributed by atoms with Crippen molar-refractivity contribution in [2.75, 3.05) is 0 Å². The van der Waals surface area contributed by atoms with Crippen molar-refractivity contribution in [3.8, 4) is 0 Å². The Morgan fingerprint density at radius 2 is 0.875 bits per heavy atom. The smallest absolute Gasteiger partial charge is 0.0329 e. The summed E-state index contributed by atoms with van der Waals surface area (Å²) < 4.78 is 0. The van der Waals surface area contributed by atoms with Gasteiger partial charge in [0.1, 0.15) is 0 Å². The minimum atomic E-state index is 0.822. The van der Waals surface area contributed by atoms with Gasteiger partial charge in [0.15, 0.2) is 0 Å². The summed E-state index contributed by atoms with van der Waals surface area (Å²) in [6.45, 7) is 19.6. The van der Waals surface area contributed by atoms with Gasteiger partial charge in [-0.05, 0) is 47.3 Å². The van der Waals surface area contributed by atoms with Crippen molar-refractivity contribution in [3.05, 3.63) is 0 Å². The van der Waals surface area contributed by atoms with Crippen molar-refractivity contribution in [1.82, 2.24) is 0 Å². The molecule has 1 rings (SSSR count). The van der Waals surface area contributed by atoms with Gasteiger partial charge in [-0.15, -0.1) is 0 Å². The van der Waals surface area contributed by atoms with Gasteiger partial charge in [-0.3, -0.25) is 0 Å². The largest absolute Gasteiger partial charge is 0.0625 e. The zero-order valence-corrected chi connectivity index (χ0v) is 12.6. The maximum atomic E-state index is 2.49. The second kappa shape index (κ2) is 5.10. The van der Waals surface area contributed by atoms with Gasteiger partial charge in [0.2, 0.25) is 0 Å². The molecular weight excluding hydrogens is 192 g/mol. The van der Waals surface area contributed by atoms with E-state index < -0.39 is 0 Å². The molecule has 0 nitrogen and oxygen atoms in total. The van der Waals surface area contributed by atoms with Crippen molar-refractivity contribution in [3.63, 3.8) is 0 Å². The first kappa shape index (κ1) is 14.1. The second-order valence-electron chi connectivity index (χ2n) is 6.98. The molecule has 0 aliphatic heterocycles. The molecule has 0 heteroatoms. The minimum Gasteiger partial charge on any atom is -0.0625 e. The molecule has 96 valence electrons. The van der Waals surface area contributed by atoms with E-state index in [0.29, 0.717) is 0 Å². The average molecular weight is 224 g/mol. The minimum absolute atomic E-state index is 0.822. The lowest BCUT2D eigenvalue weighted by Crippen LogP contribution is -2.44. The van der Waals surface area contributed by atoms with Gasteiger partial charge in [-0.2, -0.15) is 0 Å². The maximum Gasteiger partial charge on any atom is -0.0329 e. The Kier molecular flexibility index (Phi) is 4.49. The molecule has 1 aliphatic rings. The highest BCUT2D eigenvalue weighted by atomic mass is 14.5. The fourth-order valence-corrected chi connectivity index (χ4v) is 4.02. The Labute approximate surface area is 103 Å². The van der Waals surface area contributed by atoms with Crippen LogP contribution in [0.15, 0.2) is 0 Å². The highest BCUT2D eigenvalue weighted by Crippen LogP contribution is 2.49. The first-order valence-corrected chi connectivity index (χ1v) is 7.29. The summed E-state index contributed by atoms with van der Waals surface area (Å²) in [6.07, 6.45) is 0. The molecule has 1 aliphatic carbocycles. The summed E-state index contributed by atoms with van der Waals surface area (Å²) in [7, 11) is 0. The summed E-state index contributed by atoms with van der Waals surface area (Å²) >= 11 is 0. The van der Waals surface area contributed by atoms with Gasteiger partial charge >= 0.3 is 0 Å². The van der Waals surface area contributed by atoms with Crippen LogP contribution in [0.3, 0.4) is 0 Å². The molecule has 0 aromatic carbocycles. The van der Waals surface area contributed by atoms with Gasteiger partial charge in [-0.25, -0.2) is 0 Å². The lowest BCUT2D eigenvalue weighted by molar-refractivity contribution is -0.0182. The van der Waals surface area contributed by atoms with Gasteiger partial charge in [0, 0.05) is 0 Å². The third-order valence-corrected chi connectivity index (χ3v) is 6.19. The van der Waals surface area contributed by atoms with Crippen molar-refractivity contribution in [1.29, 1.82) is 0 Å². The zero-order valence-electron chi connectivity index (χ0n) is 12.6. The van der Waals surface area contributed by atoms with Crippen LogP contribution in [-0.4, -0.2) is 0 Å². The zero-order chi connectivity index (χ0) is 12.6. The molecule has 0 aromatic rings. The molecule has 0 saturated heterocycles. The van der Waals surface area contributed by atoms with Crippen LogP contribution in [0.4, 0.5) is 0 Å². The number of hydrogen-bond donors (Lipinski definition) is 0. The molecule has 5 atom stereocenters. The molecule has 0 heterocycles. The predicted molar refractivity (Wildman–Crippen MR) is 73.3 cm³/mol. The van der Waals surface area contributed by atoms with Crippen LogP contribution >= 0.6 is 0 Å². The van der Waals surface area contributed by atoms with Gasteiger partial charge in [0.05, 0.1) is 0 Å². The van der Waals surface area contributed by atoms with E-state index in [1.165, 1.54) is 0 Å². The van der Waals surface area contributed by atoms with Crippen LogP contribution in [-0.2, 0) is 0 Å². The fraction of sp³-hybridized carbons (Fsp3) is 1.00. The third kappa shape index (κ3) is 2.31. The third-order valence-electron chi connectivity index (χ3n) is 6.19. The van der Waals surface area contributed by atoms with Crippen molar-refractivity contribution in [2.45, 2.75) is 55.4 Å². The second-order valence-corrected chi connectivity index (χ2v) is 6.98. The molecule has 16 heavy (non-hydrogen) atoms. The lowest BCUT2D eigenvalue weighted by atomic mass is 9.55. The normalized spacial score (nSPS) is 47.1. The Bertz CT molecular complexity index is 202. The van der Waals surface area contributed by atoms with Crippen molar-refractivity contribution in [2.24, 2.45) is 47.3 Å². The van der Waals surface area contributed by atoms with Crippen molar-refractivity contribution < 1.29 is 0 Å². The Hall–Kier alpha value is 0. The van der Waals surface area contributed by atoms with E-state index in [1.807, 2.05) is 0 Å². The molecule has 0 spiro atoms. The van der Waals surface area contributed by atoms with Crippen LogP contribution in [0, 0.1) is 47.3 Å². The Morgan fingerprint density at radius 3 is 1.19 bits per heavy atom. The van der Waals surface area contributed by atoms with E-state index in [0.717, 1.165) is 47.3 Å². The van der Waals surface area contributed by atoms with E-state index in [9.17, 15) is 0 Å². The molecule has 1 saturated carbocycles. The summed E-state index contributed by atoms with van der Waals surface area (Å²) in [4.78, 5) is 0. The highest BCUT2D eigenvalue weighted by molar-refractivity contribution is 4.91. The molecule has 0 radical (unpaired) electrons. The van der Waals surface area contributed by atoms with E-state index in [-0.39, 0.29) is 0 Å². The molecule has 0 amide bonds. The summed E-state index contributed by atoms with van der Waals surface area (Å²) in [5.74, 6) is 7.04. The van der Waals surface area contributed by atoms with Crippen LogP contribution in [0.25, 0.3) is 0 Å². The van der Waals surface area contributed by atoms with Gasteiger partial charge in [-0.1, -0.05) is 55.4 Å². The first-order valence-electron chi connectivity index (χ1n) is 7.29. The Morgan fingerprint density at radius 1 is 0.562 bits per heavy atom. The van der Waals surface area contributed by atoms with Crippen LogP contribution in [0.5, 0.6) is 0 Å². The quantitative estimate of drug-likeness (QED) is 0.613. The van der Waals surface area contributed by atoms with Crippen LogP contribution in [0.1, 0.15) is 55.4 Å². The summed E-state index contributed by atoms with van der Waals surface area (Å²) in [5, 5.41) is 0. The standard InChI is InChI=1S/C16H32/c1-9(2)10(3)16-14(7)12(5)11(4)13(6)15(16)8/h9-16H,1-8H3. The lowest BCUT2D eigenvalue weighted by Gasteiger charge is -2.50. The molecule has 0 bridgehead atoms. The van der Waals surface area contributed by atoms with Gasteiger partial charge in [0.25, 0.3) is 0 Å². The Balaban J connectivity index is 2.90. The van der Waals surface area contributed by atoms with E-state index in [2.05, 4.69) is 55.4 Å². The first-order chi connectivity index (χ1) is 7.29. The monoisotopic (exact) mass is 224 g/mol. The van der Waals surface area contributed by atoms with Gasteiger partial charge < -0.3 is 0 Å². The molecule has 5 unspecified atom stereocenters. The molecule has 0 N–H and O–H groups in total. The molecule has 0 aromatic heterocycles. The number of hydrogen-bond acceptors (Lipinski definition) is 0. The summed E-state index contributed by atoms with van der Waals surface area (Å²) in [6, 6.07) is 0. The fourth-order valence-electron chi connectivity index (χ4n) is 4.02. The van der Waals surface area contributed by atoms with E-state index in [4.69, 9.17) is 0 Å². The van der Waals surface area contributed by atoms with Crippen molar-refractivity contribution >= 4 is 0 Å². The SMILES string of the molecule is CC(C)C(C)C1C(C)C(C)C(C)C(C)C1C. The van der Waals surface area contributed by atoms with E-state index in [1.54, 1.807) is 0 Å². The topological polar surface area (TPSA) is 0 Å². The maximum absolute atomic E-state index is 2.49. The molecule has 1 fully saturated rings. The number of rotatable bonds is 2. The van der Waals surface area contributed by atoms with Crippen LogP contribution < -0.4 is 0 Å². The predicted octanol–water partition coefficient (Wildman–Crippen LogP) is 5.09. The highest BCUT2D eigenvalue weighted by Gasteiger charge is 2.43. The summed E-state index contributed by atoms with van der Waals surface area (Å²) in [5.41, 5.74) is 0. The van der Waals surface area contributed by atoms with Crippen LogP contribution in [0.2, 0.25) is 0 Å². The van der Waals surface area contributed by atoms with E-state index >= 15 is 0 Å².